The van der Waals surface area contributed by atoms with Gasteiger partial charge in [0.25, 0.3) is 0 Å². The molecule has 1 aliphatic heterocycles. The molecular weight excluding hydrogens is 460 g/mol. The lowest BCUT2D eigenvalue weighted by molar-refractivity contribution is -0.121. The van der Waals surface area contributed by atoms with Gasteiger partial charge in [0.15, 0.2) is 5.78 Å². The number of carbonyl (C=O) groups excluding carboxylic acids is 1. The van der Waals surface area contributed by atoms with E-state index in [-0.39, 0.29) is 17.9 Å². The molecule has 0 aromatic heterocycles. The molecule has 1 fully saturated rings. The fourth-order valence-corrected chi connectivity index (χ4v) is 4.50. The molecule has 1 unspecified atom stereocenters. The van der Waals surface area contributed by atoms with E-state index in [1.165, 1.54) is 5.57 Å². The van der Waals surface area contributed by atoms with E-state index in [0.29, 0.717) is 31.7 Å². The molecule has 0 bridgehead atoms. The smallest absolute Gasteiger partial charge is 0.154 e. The number of carbonyl (C=O) groups is 1. The van der Waals surface area contributed by atoms with Gasteiger partial charge in [-0.15, -0.1) is 0 Å². The van der Waals surface area contributed by atoms with Gasteiger partial charge < -0.3 is 14.8 Å². The maximum absolute atomic E-state index is 13.3. The average molecular weight is 497 g/mol. The molecule has 0 spiro atoms. The Kier molecular flexibility index (Phi) is 10.3. The number of nitrogens with zero attached hydrogens (tertiary/aromatic N) is 1. The largest absolute Gasteiger partial charge is 0.486 e. The fraction of sp³-hybridized carbons (Fsp3) is 0.375. The van der Waals surface area contributed by atoms with E-state index in [9.17, 15) is 4.79 Å². The van der Waals surface area contributed by atoms with Crippen LogP contribution in [0.2, 0.25) is 0 Å². The van der Waals surface area contributed by atoms with Gasteiger partial charge in [0.1, 0.15) is 11.9 Å². The quantitative estimate of drug-likeness (QED) is 0.382. The van der Waals surface area contributed by atoms with Gasteiger partial charge >= 0.3 is 0 Å². The molecular formula is C32H36N2O3. The Morgan fingerprint density at radius 1 is 1.03 bits per heavy atom. The first-order valence-corrected chi connectivity index (χ1v) is 13.3. The molecule has 0 saturated carbocycles. The predicted octanol–water partition coefficient (Wildman–Crippen LogP) is 6.14. The van der Waals surface area contributed by atoms with Gasteiger partial charge in [0.2, 0.25) is 0 Å². The van der Waals surface area contributed by atoms with Crippen LogP contribution < -0.4 is 5.32 Å². The zero-order valence-electron chi connectivity index (χ0n) is 21.4. The summed E-state index contributed by atoms with van der Waals surface area (Å²) < 4.78 is 11.2. The van der Waals surface area contributed by atoms with Crippen molar-refractivity contribution in [2.45, 2.75) is 57.1 Å². The molecule has 37 heavy (non-hydrogen) atoms. The number of Topliss-reactive ketones (excluding diaryl/α,β-unsaturated/α-hetero) is 1. The zero-order valence-corrected chi connectivity index (χ0v) is 21.4. The molecule has 4 rings (SSSR count). The van der Waals surface area contributed by atoms with Gasteiger partial charge in [-0.05, 0) is 73.9 Å². The summed E-state index contributed by atoms with van der Waals surface area (Å²) in [4.78, 5) is 13.3. The number of benzene rings is 2. The Morgan fingerprint density at radius 3 is 2.54 bits per heavy atom. The van der Waals surface area contributed by atoms with Crippen LogP contribution >= 0.6 is 0 Å². The van der Waals surface area contributed by atoms with Gasteiger partial charge in [-0.2, -0.15) is 5.26 Å². The second kappa shape index (κ2) is 14.3. The van der Waals surface area contributed by atoms with E-state index in [2.05, 4.69) is 35.7 Å². The van der Waals surface area contributed by atoms with Crippen LogP contribution in [0.4, 0.5) is 0 Å². The van der Waals surface area contributed by atoms with Gasteiger partial charge in [-0.25, -0.2) is 0 Å². The molecule has 0 radical (unpaired) electrons. The summed E-state index contributed by atoms with van der Waals surface area (Å²) in [6.45, 7) is 2.02. The third-order valence-corrected chi connectivity index (χ3v) is 6.72. The van der Waals surface area contributed by atoms with Gasteiger partial charge in [0, 0.05) is 13.0 Å². The van der Waals surface area contributed by atoms with Gasteiger partial charge in [-0.1, -0.05) is 60.2 Å². The molecule has 1 atom stereocenters. The number of nitrogens with one attached hydrogen (secondary N) is 1. The minimum absolute atomic E-state index is 0.168. The summed E-state index contributed by atoms with van der Waals surface area (Å²) >= 11 is 0. The number of ketones is 1. The Labute approximate surface area is 220 Å². The predicted molar refractivity (Wildman–Crippen MR) is 146 cm³/mol. The van der Waals surface area contributed by atoms with E-state index < -0.39 is 0 Å². The monoisotopic (exact) mass is 496 g/mol. The molecule has 5 heteroatoms. The highest BCUT2D eigenvalue weighted by atomic mass is 16.6. The minimum atomic E-state index is -0.322. The second-order valence-electron chi connectivity index (χ2n) is 9.60. The summed E-state index contributed by atoms with van der Waals surface area (Å²) in [6, 6.07) is 19.4. The van der Waals surface area contributed by atoms with Crippen LogP contribution in [0.5, 0.6) is 0 Å². The van der Waals surface area contributed by atoms with Gasteiger partial charge in [-0.3, -0.25) is 4.79 Å². The van der Waals surface area contributed by atoms with Crippen LogP contribution in [0.25, 0.3) is 0 Å². The second-order valence-corrected chi connectivity index (χ2v) is 9.60. The average Bonchev–Trinajstić information content (AvgIpc) is 3.02. The van der Waals surface area contributed by atoms with Crippen LogP contribution in [0, 0.1) is 11.3 Å². The maximum atomic E-state index is 13.3. The molecule has 1 heterocycles. The molecule has 2 aromatic carbocycles. The van der Waals surface area contributed by atoms with Crippen LogP contribution in [0.15, 0.2) is 90.2 Å². The molecule has 2 aliphatic rings. The number of nitriles is 1. The summed E-state index contributed by atoms with van der Waals surface area (Å²) in [5.74, 6) is 1.14. The lowest BCUT2D eigenvalue weighted by Gasteiger charge is -2.27. The summed E-state index contributed by atoms with van der Waals surface area (Å²) in [5.41, 5.74) is 4.07. The lowest BCUT2D eigenvalue weighted by Crippen LogP contribution is -2.35. The summed E-state index contributed by atoms with van der Waals surface area (Å²) in [6.07, 6.45) is 15.0. The van der Waals surface area contributed by atoms with E-state index in [1.54, 1.807) is 0 Å². The highest BCUT2D eigenvalue weighted by molar-refractivity contribution is 5.85. The fourth-order valence-electron chi connectivity index (χ4n) is 4.50. The standard InChI is InChI=1S/C32H36N2O3/c33-22-27-16-14-26(15-17-27)20-21-34-32(28-10-4-2-5-11-28)31(35)13-7-9-25-8-3-1-6-12-29(19-18-25)37-30-23-36-24-30/h2,4-5,8,10-12,14-19,30,32,34H,1,3,6-7,9,13,20-21,23-24H2/b19-18?,25-8?,29-12-. The summed E-state index contributed by atoms with van der Waals surface area (Å²) in [7, 11) is 0. The van der Waals surface area contributed by atoms with Crippen molar-refractivity contribution in [2.75, 3.05) is 19.8 Å². The van der Waals surface area contributed by atoms with Crippen molar-refractivity contribution in [3.05, 3.63) is 107 Å². The number of hydrogen-bond donors (Lipinski definition) is 1. The van der Waals surface area contributed by atoms with Crippen molar-refractivity contribution < 1.29 is 14.3 Å². The first-order chi connectivity index (χ1) is 18.2. The third-order valence-electron chi connectivity index (χ3n) is 6.72. The number of ether oxygens (including phenoxy) is 2. The Hall–Kier alpha value is -3.46. The maximum Gasteiger partial charge on any atom is 0.154 e. The normalized spacial score (nSPS) is 18.1. The highest BCUT2D eigenvalue weighted by Gasteiger charge is 2.21. The van der Waals surface area contributed by atoms with Crippen LogP contribution in [0.1, 0.15) is 61.3 Å². The molecule has 192 valence electrons. The SMILES string of the molecule is N#Cc1ccc(CCNC(C(=O)CCCC2=CCCC/C=C(\OC3COC3)C=C2)c2ccccc2)cc1. The van der Waals surface area contributed by atoms with Crippen LogP contribution in [-0.2, 0) is 20.7 Å². The Morgan fingerprint density at radius 2 is 1.81 bits per heavy atom. The Balaban J connectivity index is 1.30. The van der Waals surface area contributed by atoms with E-state index >= 15 is 0 Å². The van der Waals surface area contributed by atoms with Crippen molar-refractivity contribution in [3.63, 3.8) is 0 Å². The van der Waals surface area contributed by atoms with Crippen molar-refractivity contribution in [2.24, 2.45) is 0 Å². The highest BCUT2D eigenvalue weighted by Crippen LogP contribution is 2.21. The lowest BCUT2D eigenvalue weighted by atomic mass is 9.97. The molecule has 5 nitrogen and oxygen atoms in total. The van der Waals surface area contributed by atoms with E-state index in [0.717, 1.165) is 55.4 Å². The summed E-state index contributed by atoms with van der Waals surface area (Å²) in [5, 5.41) is 12.5. The van der Waals surface area contributed by atoms with Crippen molar-refractivity contribution >= 4 is 5.78 Å². The third kappa shape index (κ3) is 8.56. The molecule has 1 saturated heterocycles. The van der Waals surface area contributed by atoms with Crippen LogP contribution in [-0.4, -0.2) is 31.6 Å². The zero-order chi connectivity index (χ0) is 25.7. The van der Waals surface area contributed by atoms with Crippen molar-refractivity contribution in [1.29, 1.82) is 5.26 Å². The van der Waals surface area contributed by atoms with Gasteiger partial charge in [0.05, 0.1) is 30.9 Å². The Bertz CT molecular complexity index is 1140. The van der Waals surface area contributed by atoms with Crippen molar-refractivity contribution in [3.8, 4) is 6.07 Å². The molecule has 1 N–H and O–H groups in total. The van der Waals surface area contributed by atoms with Crippen LogP contribution in [0.3, 0.4) is 0 Å². The topological polar surface area (TPSA) is 71.4 Å². The first kappa shape index (κ1) is 26.6. The van der Waals surface area contributed by atoms with E-state index in [1.807, 2.05) is 54.6 Å². The number of hydrogen-bond acceptors (Lipinski definition) is 5. The first-order valence-electron chi connectivity index (χ1n) is 13.3. The van der Waals surface area contributed by atoms with Crippen molar-refractivity contribution in [1.82, 2.24) is 5.32 Å². The molecule has 2 aromatic rings. The minimum Gasteiger partial charge on any atom is -0.486 e. The molecule has 1 aliphatic carbocycles. The van der Waals surface area contributed by atoms with E-state index in [4.69, 9.17) is 14.7 Å². The number of allylic oxidation sites excluding steroid dienone is 5. The molecule has 0 amide bonds. The number of rotatable bonds is 12.